The van der Waals surface area contributed by atoms with E-state index in [9.17, 15) is 0 Å². The summed E-state index contributed by atoms with van der Waals surface area (Å²) >= 11 is 0. The van der Waals surface area contributed by atoms with Crippen molar-refractivity contribution in [1.29, 1.82) is 0 Å². The van der Waals surface area contributed by atoms with Crippen LogP contribution in [0.4, 0.5) is 11.8 Å². The van der Waals surface area contributed by atoms with Crippen LogP contribution in [0, 0.1) is 0 Å². The molecule has 1 aliphatic rings. The van der Waals surface area contributed by atoms with Gasteiger partial charge >= 0.3 is 0 Å². The van der Waals surface area contributed by atoms with Crippen LogP contribution in [0.15, 0.2) is 6.20 Å². The molecule has 0 bridgehead atoms. The van der Waals surface area contributed by atoms with Crippen molar-refractivity contribution in [2.24, 2.45) is 0 Å². The van der Waals surface area contributed by atoms with Gasteiger partial charge in [-0.15, -0.1) is 0 Å². The minimum atomic E-state index is 0.632. The molecule has 2 aromatic rings. The lowest BCUT2D eigenvalue weighted by Crippen LogP contribution is -2.26. The molecule has 3 N–H and O–H groups in total. The fourth-order valence-corrected chi connectivity index (χ4v) is 2.55. The molecule has 0 atom stereocenters. The fraction of sp³-hybridized carbons (Fsp3) is 0.615. The number of anilines is 2. The highest BCUT2D eigenvalue weighted by molar-refractivity contribution is 5.86. The zero-order valence-electron chi connectivity index (χ0n) is 11.8. The largest absolute Gasteiger partial charge is 0.368 e. The first-order chi connectivity index (χ1) is 9.86. The monoisotopic (exact) mass is 275 g/mol. The SMILES string of the molecule is CCNc1nc(NCCN2CCCC2)c2cn[nH]c2n1. The maximum absolute atomic E-state index is 4.52. The third kappa shape index (κ3) is 2.82. The second kappa shape index (κ2) is 6.04. The molecule has 7 nitrogen and oxygen atoms in total. The van der Waals surface area contributed by atoms with Gasteiger partial charge in [0.25, 0.3) is 0 Å². The summed E-state index contributed by atoms with van der Waals surface area (Å²) in [5.74, 6) is 1.48. The van der Waals surface area contributed by atoms with Crippen LogP contribution in [-0.4, -0.2) is 57.8 Å². The van der Waals surface area contributed by atoms with Gasteiger partial charge in [-0.2, -0.15) is 15.1 Å². The number of aromatic amines is 1. The zero-order valence-corrected chi connectivity index (χ0v) is 11.8. The molecule has 20 heavy (non-hydrogen) atoms. The molecule has 0 unspecified atom stereocenters. The van der Waals surface area contributed by atoms with Gasteiger partial charge in [-0.1, -0.05) is 0 Å². The summed E-state index contributed by atoms with van der Waals surface area (Å²) in [5, 5.41) is 14.4. The molecule has 0 aromatic carbocycles. The van der Waals surface area contributed by atoms with Crippen LogP contribution < -0.4 is 10.6 Å². The zero-order chi connectivity index (χ0) is 13.8. The lowest BCUT2D eigenvalue weighted by molar-refractivity contribution is 0.352. The molecule has 2 aromatic heterocycles. The van der Waals surface area contributed by atoms with E-state index in [4.69, 9.17) is 0 Å². The molecule has 3 heterocycles. The van der Waals surface area contributed by atoms with Crippen LogP contribution in [0.3, 0.4) is 0 Å². The minimum Gasteiger partial charge on any atom is -0.368 e. The summed E-state index contributed by atoms with van der Waals surface area (Å²) in [5.41, 5.74) is 0.764. The molecule has 1 saturated heterocycles. The van der Waals surface area contributed by atoms with Crippen molar-refractivity contribution in [2.75, 3.05) is 43.4 Å². The molecule has 1 aliphatic heterocycles. The van der Waals surface area contributed by atoms with Crippen molar-refractivity contribution >= 4 is 22.8 Å². The Morgan fingerprint density at radius 3 is 2.90 bits per heavy atom. The second-order valence-corrected chi connectivity index (χ2v) is 5.03. The molecule has 0 spiro atoms. The molecule has 1 fully saturated rings. The van der Waals surface area contributed by atoms with Gasteiger partial charge in [-0.05, 0) is 32.9 Å². The molecule has 0 amide bonds. The Morgan fingerprint density at radius 1 is 1.25 bits per heavy atom. The van der Waals surface area contributed by atoms with Gasteiger partial charge in [-0.25, -0.2) is 0 Å². The van der Waals surface area contributed by atoms with Gasteiger partial charge in [0, 0.05) is 19.6 Å². The Morgan fingerprint density at radius 2 is 2.10 bits per heavy atom. The topological polar surface area (TPSA) is 81.8 Å². The average molecular weight is 275 g/mol. The van der Waals surface area contributed by atoms with Gasteiger partial charge in [0.2, 0.25) is 5.95 Å². The number of H-pyrrole nitrogens is 1. The van der Waals surface area contributed by atoms with Crippen LogP contribution >= 0.6 is 0 Å². The normalized spacial score (nSPS) is 15.8. The van der Waals surface area contributed by atoms with Crippen LogP contribution in [0.1, 0.15) is 19.8 Å². The molecular weight excluding hydrogens is 254 g/mol. The molecular formula is C13H21N7. The molecule has 0 radical (unpaired) electrons. The van der Waals surface area contributed by atoms with E-state index < -0.39 is 0 Å². The molecule has 0 saturated carbocycles. The maximum Gasteiger partial charge on any atom is 0.226 e. The van der Waals surface area contributed by atoms with E-state index in [0.717, 1.165) is 36.5 Å². The molecule has 7 heteroatoms. The van der Waals surface area contributed by atoms with Gasteiger partial charge in [0.05, 0.1) is 11.6 Å². The van der Waals surface area contributed by atoms with E-state index in [0.29, 0.717) is 5.95 Å². The van der Waals surface area contributed by atoms with Crippen molar-refractivity contribution in [3.8, 4) is 0 Å². The Hall–Kier alpha value is -1.89. The van der Waals surface area contributed by atoms with Crippen molar-refractivity contribution in [3.63, 3.8) is 0 Å². The summed E-state index contributed by atoms with van der Waals surface area (Å²) in [4.78, 5) is 11.4. The van der Waals surface area contributed by atoms with Crippen LogP contribution in [0.5, 0.6) is 0 Å². The van der Waals surface area contributed by atoms with E-state index in [1.54, 1.807) is 6.20 Å². The number of nitrogens with one attached hydrogen (secondary N) is 3. The summed E-state index contributed by atoms with van der Waals surface area (Å²) in [6, 6.07) is 0. The van der Waals surface area contributed by atoms with Gasteiger partial charge in [0.1, 0.15) is 5.82 Å². The maximum atomic E-state index is 4.52. The van der Waals surface area contributed by atoms with Gasteiger partial charge < -0.3 is 15.5 Å². The van der Waals surface area contributed by atoms with Crippen LogP contribution in [0.25, 0.3) is 11.0 Å². The van der Waals surface area contributed by atoms with Crippen molar-refractivity contribution in [2.45, 2.75) is 19.8 Å². The number of likely N-dealkylation sites (tertiary alicyclic amines) is 1. The predicted molar refractivity (Wildman–Crippen MR) is 80.0 cm³/mol. The third-order valence-electron chi connectivity index (χ3n) is 3.56. The summed E-state index contributed by atoms with van der Waals surface area (Å²) in [7, 11) is 0. The Balaban J connectivity index is 1.69. The van der Waals surface area contributed by atoms with Gasteiger partial charge in [-0.3, -0.25) is 5.10 Å². The summed E-state index contributed by atoms with van der Waals surface area (Å²) < 4.78 is 0. The number of hydrogen-bond donors (Lipinski definition) is 3. The van der Waals surface area contributed by atoms with E-state index in [2.05, 4.69) is 35.7 Å². The lowest BCUT2D eigenvalue weighted by Gasteiger charge is -2.15. The van der Waals surface area contributed by atoms with Crippen molar-refractivity contribution in [1.82, 2.24) is 25.1 Å². The first kappa shape index (κ1) is 13.1. The predicted octanol–water partition coefficient (Wildman–Crippen LogP) is 1.29. The number of aromatic nitrogens is 4. The highest BCUT2D eigenvalue weighted by atomic mass is 15.2. The van der Waals surface area contributed by atoms with E-state index in [-0.39, 0.29) is 0 Å². The van der Waals surface area contributed by atoms with Crippen LogP contribution in [0.2, 0.25) is 0 Å². The van der Waals surface area contributed by atoms with Crippen molar-refractivity contribution < 1.29 is 0 Å². The van der Waals surface area contributed by atoms with Crippen molar-refractivity contribution in [3.05, 3.63) is 6.20 Å². The highest BCUT2D eigenvalue weighted by Crippen LogP contribution is 2.19. The summed E-state index contributed by atoms with van der Waals surface area (Å²) in [6.07, 6.45) is 4.41. The second-order valence-electron chi connectivity index (χ2n) is 5.03. The minimum absolute atomic E-state index is 0.632. The molecule has 3 rings (SSSR count). The Bertz CT molecular complexity index is 559. The quantitative estimate of drug-likeness (QED) is 0.737. The van der Waals surface area contributed by atoms with Crippen LogP contribution in [-0.2, 0) is 0 Å². The first-order valence-electron chi connectivity index (χ1n) is 7.28. The summed E-state index contributed by atoms with van der Waals surface area (Å²) in [6.45, 7) is 7.21. The number of fused-ring (bicyclic) bond motifs is 1. The van der Waals surface area contributed by atoms with E-state index in [1.807, 2.05) is 6.92 Å². The standard InChI is InChI=1S/C13H21N7/c1-2-14-13-17-11(10-9-16-19-12(10)18-13)15-5-8-20-6-3-4-7-20/h9H,2-8H2,1H3,(H3,14,15,16,17,18,19). The van der Waals surface area contributed by atoms with Gasteiger partial charge in [0.15, 0.2) is 5.65 Å². The third-order valence-corrected chi connectivity index (χ3v) is 3.56. The Kier molecular flexibility index (Phi) is 3.96. The number of hydrogen-bond acceptors (Lipinski definition) is 6. The highest BCUT2D eigenvalue weighted by Gasteiger charge is 2.12. The van der Waals surface area contributed by atoms with E-state index >= 15 is 0 Å². The number of nitrogens with zero attached hydrogens (tertiary/aromatic N) is 4. The Labute approximate surface area is 118 Å². The first-order valence-corrected chi connectivity index (χ1v) is 7.28. The molecule has 0 aliphatic carbocycles. The van der Waals surface area contributed by atoms with E-state index in [1.165, 1.54) is 25.9 Å². The number of rotatable bonds is 6. The fourth-order valence-electron chi connectivity index (χ4n) is 2.55. The smallest absolute Gasteiger partial charge is 0.226 e. The molecule has 108 valence electrons. The average Bonchev–Trinajstić information content (AvgIpc) is 3.09. The lowest BCUT2D eigenvalue weighted by atomic mass is 10.4.